The molecule has 0 saturated carbocycles. The summed E-state index contributed by atoms with van der Waals surface area (Å²) in [5, 5.41) is 11.4. The smallest absolute Gasteiger partial charge is 0.334 e. The van der Waals surface area contributed by atoms with E-state index in [1.165, 1.54) is 31.2 Å². The molecule has 1 aromatic rings. The number of hydrogen-bond acceptors (Lipinski definition) is 4. The fraction of sp³-hybridized carbons (Fsp3) is 0.438. The lowest BCUT2D eigenvalue weighted by Gasteiger charge is -2.25. The van der Waals surface area contributed by atoms with Gasteiger partial charge in [0.2, 0.25) is 11.8 Å². The number of methoxy groups -OCH3 is 1. The normalized spacial score (nSPS) is 21.3. The summed E-state index contributed by atoms with van der Waals surface area (Å²) in [6, 6.07) is 3.45. The highest BCUT2D eigenvalue weighted by molar-refractivity contribution is 6.30. The van der Waals surface area contributed by atoms with Crippen LogP contribution in [-0.4, -0.2) is 54.6 Å². The zero-order chi connectivity index (χ0) is 18.7. The van der Waals surface area contributed by atoms with Crippen LogP contribution in [0.15, 0.2) is 18.2 Å². The molecule has 1 aliphatic heterocycles. The van der Waals surface area contributed by atoms with E-state index in [1.54, 1.807) is 6.07 Å². The average molecular weight is 373 g/mol. The first-order valence-electron chi connectivity index (χ1n) is 7.50. The van der Waals surface area contributed by atoms with Gasteiger partial charge in [0, 0.05) is 20.6 Å². The van der Waals surface area contributed by atoms with Crippen molar-refractivity contribution in [1.82, 2.24) is 10.2 Å². The molecule has 3 unspecified atom stereocenters. The zero-order valence-corrected chi connectivity index (χ0v) is 14.4. The zero-order valence-electron chi connectivity index (χ0n) is 13.7. The molecule has 2 rings (SSSR count). The van der Waals surface area contributed by atoms with Crippen LogP contribution < -0.4 is 5.32 Å². The van der Waals surface area contributed by atoms with Crippen molar-refractivity contribution in [3.8, 4) is 0 Å². The number of likely N-dealkylation sites (tertiary alicyclic amines) is 1. The molecule has 0 spiro atoms. The van der Waals surface area contributed by atoms with E-state index in [4.69, 9.17) is 21.4 Å². The van der Waals surface area contributed by atoms with Crippen LogP contribution in [0.5, 0.6) is 0 Å². The van der Waals surface area contributed by atoms with E-state index < -0.39 is 35.8 Å². The Morgan fingerprint density at radius 1 is 1.52 bits per heavy atom. The van der Waals surface area contributed by atoms with Crippen LogP contribution >= 0.6 is 11.6 Å². The van der Waals surface area contributed by atoms with Crippen LogP contribution in [0.2, 0.25) is 5.02 Å². The second-order valence-electron chi connectivity index (χ2n) is 5.74. The number of carboxylic acids is 1. The minimum atomic E-state index is -1.21. The Bertz CT molecular complexity index is 699. The highest BCUT2D eigenvalue weighted by Gasteiger charge is 2.43. The third-order valence-electron chi connectivity index (χ3n) is 4.23. The van der Waals surface area contributed by atoms with Gasteiger partial charge in [0.1, 0.15) is 5.82 Å². The molecule has 0 aliphatic carbocycles. The second-order valence-corrected chi connectivity index (χ2v) is 6.15. The lowest BCUT2D eigenvalue weighted by Crippen LogP contribution is -2.41. The predicted molar refractivity (Wildman–Crippen MR) is 86.5 cm³/mol. The van der Waals surface area contributed by atoms with Gasteiger partial charge in [-0.05, 0) is 17.7 Å². The maximum Gasteiger partial charge on any atom is 0.334 e. The SMILES string of the molecule is COC(CNC(=O)C1CC(=O)N(C)C1c1ccc(Cl)c(F)c1)C(=O)O. The molecule has 136 valence electrons. The Morgan fingerprint density at radius 3 is 2.76 bits per heavy atom. The van der Waals surface area contributed by atoms with Gasteiger partial charge in [-0.25, -0.2) is 9.18 Å². The minimum Gasteiger partial charge on any atom is -0.479 e. The predicted octanol–water partition coefficient (Wildman–Crippen LogP) is 1.21. The Balaban J connectivity index is 2.19. The maximum atomic E-state index is 13.8. The summed E-state index contributed by atoms with van der Waals surface area (Å²) in [7, 11) is 2.75. The van der Waals surface area contributed by atoms with Gasteiger partial charge in [-0.2, -0.15) is 0 Å². The van der Waals surface area contributed by atoms with Gasteiger partial charge in [0.15, 0.2) is 6.10 Å². The molecule has 1 heterocycles. The van der Waals surface area contributed by atoms with E-state index in [2.05, 4.69) is 5.32 Å². The van der Waals surface area contributed by atoms with Crippen molar-refractivity contribution < 1.29 is 28.6 Å². The molecular formula is C16H18ClFN2O5. The summed E-state index contributed by atoms with van der Waals surface area (Å²) >= 11 is 5.68. The molecule has 1 fully saturated rings. The quantitative estimate of drug-likeness (QED) is 0.782. The molecule has 7 nitrogen and oxygen atoms in total. The fourth-order valence-electron chi connectivity index (χ4n) is 2.85. The first-order valence-corrected chi connectivity index (χ1v) is 7.88. The summed E-state index contributed by atoms with van der Waals surface area (Å²) < 4.78 is 18.5. The Labute approximate surface area is 148 Å². The molecule has 0 radical (unpaired) electrons. The number of carboxylic acid groups (broad SMARTS) is 1. The molecule has 2 N–H and O–H groups in total. The van der Waals surface area contributed by atoms with E-state index >= 15 is 0 Å². The number of benzene rings is 1. The van der Waals surface area contributed by atoms with E-state index in [9.17, 15) is 18.8 Å². The summed E-state index contributed by atoms with van der Waals surface area (Å²) in [6.07, 6.45) is -1.24. The largest absolute Gasteiger partial charge is 0.479 e. The van der Waals surface area contributed by atoms with E-state index in [0.717, 1.165) is 0 Å². The van der Waals surface area contributed by atoms with Crippen LogP contribution in [0, 0.1) is 11.7 Å². The first kappa shape index (κ1) is 19.1. The molecule has 3 atom stereocenters. The van der Waals surface area contributed by atoms with Crippen molar-refractivity contribution in [2.45, 2.75) is 18.6 Å². The van der Waals surface area contributed by atoms with Crippen LogP contribution in [-0.2, 0) is 19.1 Å². The molecule has 25 heavy (non-hydrogen) atoms. The number of nitrogens with zero attached hydrogens (tertiary/aromatic N) is 1. The molecule has 2 amide bonds. The summed E-state index contributed by atoms with van der Waals surface area (Å²) in [6.45, 7) is -0.235. The summed E-state index contributed by atoms with van der Waals surface area (Å²) in [5.41, 5.74) is 0.442. The molecular weight excluding hydrogens is 355 g/mol. The van der Waals surface area contributed by atoms with Crippen molar-refractivity contribution in [3.05, 3.63) is 34.6 Å². The first-order chi connectivity index (χ1) is 11.8. The van der Waals surface area contributed by atoms with Crippen LogP contribution in [0.1, 0.15) is 18.0 Å². The number of amides is 2. The Morgan fingerprint density at radius 2 is 2.20 bits per heavy atom. The van der Waals surface area contributed by atoms with Crippen LogP contribution in [0.3, 0.4) is 0 Å². The third-order valence-corrected chi connectivity index (χ3v) is 4.54. The third kappa shape index (κ3) is 4.08. The van der Waals surface area contributed by atoms with Gasteiger partial charge in [-0.1, -0.05) is 17.7 Å². The second kappa shape index (κ2) is 7.79. The number of halogens is 2. The minimum absolute atomic E-state index is 0.0536. The van der Waals surface area contributed by atoms with E-state index in [0.29, 0.717) is 5.56 Å². The van der Waals surface area contributed by atoms with Gasteiger partial charge in [-0.3, -0.25) is 9.59 Å². The van der Waals surface area contributed by atoms with Gasteiger partial charge in [0.05, 0.1) is 23.5 Å². The Hall–Kier alpha value is -2.19. The number of carbonyl (C=O) groups excluding carboxylic acids is 2. The van der Waals surface area contributed by atoms with Gasteiger partial charge in [-0.15, -0.1) is 0 Å². The fourth-order valence-corrected chi connectivity index (χ4v) is 2.97. The van der Waals surface area contributed by atoms with Crippen molar-refractivity contribution >= 4 is 29.4 Å². The van der Waals surface area contributed by atoms with E-state index in [1.807, 2.05) is 0 Å². The Kier molecular flexibility index (Phi) is 5.97. The molecule has 0 aromatic heterocycles. The molecule has 9 heteroatoms. The lowest BCUT2D eigenvalue weighted by molar-refractivity contribution is -0.148. The molecule has 1 saturated heterocycles. The van der Waals surface area contributed by atoms with Crippen molar-refractivity contribution in [1.29, 1.82) is 0 Å². The lowest BCUT2D eigenvalue weighted by atomic mass is 9.92. The van der Waals surface area contributed by atoms with E-state index in [-0.39, 0.29) is 23.9 Å². The molecule has 1 aliphatic rings. The number of carbonyl (C=O) groups is 3. The van der Waals surface area contributed by atoms with Crippen molar-refractivity contribution in [2.75, 3.05) is 20.7 Å². The molecule has 1 aromatic carbocycles. The van der Waals surface area contributed by atoms with Gasteiger partial charge < -0.3 is 20.1 Å². The van der Waals surface area contributed by atoms with Crippen LogP contribution in [0.4, 0.5) is 4.39 Å². The number of rotatable bonds is 6. The highest BCUT2D eigenvalue weighted by Crippen LogP contribution is 2.38. The summed E-state index contributed by atoms with van der Waals surface area (Å²) in [5.74, 6) is -3.39. The van der Waals surface area contributed by atoms with Crippen molar-refractivity contribution in [2.24, 2.45) is 5.92 Å². The monoisotopic (exact) mass is 372 g/mol. The topological polar surface area (TPSA) is 95.9 Å². The van der Waals surface area contributed by atoms with Gasteiger partial charge >= 0.3 is 5.97 Å². The van der Waals surface area contributed by atoms with Crippen molar-refractivity contribution in [3.63, 3.8) is 0 Å². The average Bonchev–Trinajstić information content (AvgIpc) is 2.86. The number of aliphatic carboxylic acids is 1. The van der Waals surface area contributed by atoms with Gasteiger partial charge in [0.25, 0.3) is 0 Å². The number of ether oxygens (including phenoxy) is 1. The standard InChI is InChI=1S/C16H18ClFN2O5/c1-20-13(21)6-9(15(22)19-7-12(25-2)16(23)24)14(20)8-3-4-10(17)11(18)5-8/h3-5,9,12,14H,6-7H2,1-2H3,(H,19,22)(H,23,24). The highest BCUT2D eigenvalue weighted by atomic mass is 35.5. The molecule has 0 bridgehead atoms. The number of nitrogens with one attached hydrogen (secondary N) is 1. The van der Waals surface area contributed by atoms with Crippen LogP contribution in [0.25, 0.3) is 0 Å². The number of hydrogen-bond donors (Lipinski definition) is 2. The summed E-state index contributed by atoms with van der Waals surface area (Å²) in [4.78, 5) is 36.8. The maximum absolute atomic E-state index is 13.8.